The number of ether oxygens (including phenoxy) is 1. The molecule has 0 saturated heterocycles. The highest BCUT2D eigenvalue weighted by atomic mass is 16.5. The Labute approximate surface area is 120 Å². The lowest BCUT2D eigenvalue weighted by Crippen LogP contribution is -2.22. The van der Waals surface area contributed by atoms with Gasteiger partial charge in [-0.15, -0.1) is 0 Å². The molecule has 3 nitrogen and oxygen atoms in total. The number of fused-ring (bicyclic) bond motifs is 1. The van der Waals surface area contributed by atoms with Gasteiger partial charge in [-0.3, -0.25) is 0 Å². The Morgan fingerprint density at radius 1 is 1.40 bits per heavy atom. The molecule has 20 heavy (non-hydrogen) atoms. The zero-order valence-electron chi connectivity index (χ0n) is 12.1. The molecule has 1 aliphatic heterocycles. The molecular formula is C17H20N2O. The Bertz CT molecular complexity index is 583. The summed E-state index contributed by atoms with van der Waals surface area (Å²) in [6, 6.07) is 10.8. The molecule has 0 spiro atoms. The van der Waals surface area contributed by atoms with Crippen LogP contribution in [0.2, 0.25) is 0 Å². The maximum atomic E-state index is 9.55. The highest BCUT2D eigenvalue weighted by Gasteiger charge is 2.33. The molecule has 0 radical (unpaired) electrons. The van der Waals surface area contributed by atoms with E-state index in [2.05, 4.69) is 43.1 Å². The first-order chi connectivity index (χ1) is 9.59. The third kappa shape index (κ3) is 2.43. The van der Waals surface area contributed by atoms with Gasteiger partial charge in [0.15, 0.2) is 5.90 Å². The van der Waals surface area contributed by atoms with E-state index in [0.29, 0.717) is 12.5 Å². The quantitative estimate of drug-likeness (QED) is 0.824. The molecule has 104 valence electrons. The van der Waals surface area contributed by atoms with Crippen LogP contribution in [0.3, 0.4) is 0 Å². The van der Waals surface area contributed by atoms with Gasteiger partial charge in [0.1, 0.15) is 6.61 Å². The minimum absolute atomic E-state index is 0.0324. The van der Waals surface area contributed by atoms with Gasteiger partial charge in [0.05, 0.1) is 17.5 Å². The standard InChI is InChI=1S/C17H20N2O/c1-17(2)11-20-16(19-17)9-13-8-7-12-5-3-4-6-14(12)15(13)10-18/h3-6,13,15H,7-9,11H2,1-2H3/t13-,15-/m1/s1. The molecule has 0 aromatic heterocycles. The number of aliphatic imine (C=N–C) groups is 1. The third-order valence-electron chi connectivity index (χ3n) is 4.24. The zero-order chi connectivity index (χ0) is 14.2. The molecule has 1 aliphatic carbocycles. The lowest BCUT2D eigenvalue weighted by atomic mass is 9.74. The summed E-state index contributed by atoms with van der Waals surface area (Å²) in [6.07, 6.45) is 2.88. The summed E-state index contributed by atoms with van der Waals surface area (Å²) < 4.78 is 5.69. The first-order valence-corrected chi connectivity index (χ1v) is 7.28. The van der Waals surface area contributed by atoms with Crippen molar-refractivity contribution in [2.45, 2.75) is 44.6 Å². The molecular weight excluding hydrogens is 248 g/mol. The summed E-state index contributed by atoms with van der Waals surface area (Å²) >= 11 is 0. The number of benzene rings is 1. The second kappa shape index (κ2) is 4.94. The van der Waals surface area contributed by atoms with Crippen molar-refractivity contribution in [1.29, 1.82) is 5.26 Å². The van der Waals surface area contributed by atoms with Crippen molar-refractivity contribution in [3.05, 3.63) is 35.4 Å². The first-order valence-electron chi connectivity index (χ1n) is 7.28. The smallest absolute Gasteiger partial charge is 0.184 e. The van der Waals surface area contributed by atoms with Crippen molar-refractivity contribution in [2.75, 3.05) is 6.61 Å². The summed E-state index contributed by atoms with van der Waals surface area (Å²) in [6.45, 7) is 4.82. The second-order valence-electron chi connectivity index (χ2n) is 6.42. The van der Waals surface area contributed by atoms with Crippen molar-refractivity contribution in [2.24, 2.45) is 10.9 Å². The summed E-state index contributed by atoms with van der Waals surface area (Å²) in [7, 11) is 0. The monoisotopic (exact) mass is 268 g/mol. The van der Waals surface area contributed by atoms with E-state index in [4.69, 9.17) is 4.74 Å². The zero-order valence-corrected chi connectivity index (χ0v) is 12.1. The lowest BCUT2D eigenvalue weighted by molar-refractivity contribution is 0.266. The van der Waals surface area contributed by atoms with E-state index in [9.17, 15) is 5.26 Å². The van der Waals surface area contributed by atoms with Crippen LogP contribution in [0, 0.1) is 17.2 Å². The third-order valence-corrected chi connectivity index (χ3v) is 4.24. The van der Waals surface area contributed by atoms with Crippen molar-refractivity contribution < 1.29 is 4.74 Å². The van der Waals surface area contributed by atoms with E-state index < -0.39 is 0 Å². The average Bonchev–Trinajstić information content (AvgIpc) is 2.78. The van der Waals surface area contributed by atoms with Crippen LogP contribution < -0.4 is 0 Å². The van der Waals surface area contributed by atoms with Crippen molar-refractivity contribution in [1.82, 2.24) is 0 Å². The number of nitrogens with zero attached hydrogens (tertiary/aromatic N) is 2. The average molecular weight is 268 g/mol. The van der Waals surface area contributed by atoms with Crippen LogP contribution in [-0.4, -0.2) is 18.0 Å². The Morgan fingerprint density at radius 3 is 2.90 bits per heavy atom. The molecule has 0 unspecified atom stereocenters. The fourth-order valence-electron chi connectivity index (χ4n) is 3.21. The summed E-state index contributed by atoms with van der Waals surface area (Å²) in [4.78, 5) is 4.62. The van der Waals surface area contributed by atoms with Gasteiger partial charge in [-0.1, -0.05) is 24.3 Å². The summed E-state index contributed by atoms with van der Waals surface area (Å²) in [5, 5.41) is 9.55. The molecule has 1 aromatic carbocycles. The van der Waals surface area contributed by atoms with Crippen LogP contribution in [0.1, 0.15) is 43.7 Å². The van der Waals surface area contributed by atoms with Gasteiger partial charge in [-0.2, -0.15) is 5.26 Å². The molecule has 0 saturated carbocycles. The number of hydrogen-bond acceptors (Lipinski definition) is 3. The number of rotatable bonds is 2. The highest BCUT2D eigenvalue weighted by molar-refractivity contribution is 5.78. The molecule has 1 aromatic rings. The maximum Gasteiger partial charge on any atom is 0.184 e. The number of aryl methyl sites for hydroxylation is 1. The summed E-state index contributed by atoms with van der Waals surface area (Å²) in [5.41, 5.74) is 2.42. The van der Waals surface area contributed by atoms with Crippen LogP contribution in [0.4, 0.5) is 0 Å². The van der Waals surface area contributed by atoms with E-state index in [1.807, 2.05) is 6.07 Å². The molecule has 3 heteroatoms. The van der Waals surface area contributed by atoms with E-state index in [1.165, 1.54) is 11.1 Å². The molecule has 3 rings (SSSR count). The number of nitriles is 1. The van der Waals surface area contributed by atoms with Crippen LogP contribution in [0.15, 0.2) is 29.3 Å². The molecule has 0 amide bonds. The van der Waals surface area contributed by atoms with Gasteiger partial charge in [0.2, 0.25) is 0 Å². The van der Waals surface area contributed by atoms with Gasteiger partial charge in [-0.25, -0.2) is 4.99 Å². The van der Waals surface area contributed by atoms with Crippen molar-refractivity contribution >= 4 is 5.90 Å². The lowest BCUT2D eigenvalue weighted by Gasteiger charge is -2.29. The summed E-state index contributed by atoms with van der Waals surface area (Å²) in [5.74, 6) is 1.12. The molecule has 1 heterocycles. The van der Waals surface area contributed by atoms with Gasteiger partial charge < -0.3 is 4.74 Å². The SMILES string of the molecule is CC1(C)COC(C[C@H]2CCc3ccccc3[C@@H]2C#N)=N1. The van der Waals surface area contributed by atoms with E-state index in [-0.39, 0.29) is 11.5 Å². The Kier molecular flexibility index (Phi) is 3.25. The normalized spacial score (nSPS) is 27.1. The van der Waals surface area contributed by atoms with E-state index in [0.717, 1.165) is 25.2 Å². The van der Waals surface area contributed by atoms with Crippen molar-refractivity contribution in [3.63, 3.8) is 0 Å². The second-order valence-corrected chi connectivity index (χ2v) is 6.42. The van der Waals surface area contributed by atoms with Gasteiger partial charge >= 0.3 is 0 Å². The van der Waals surface area contributed by atoms with Gasteiger partial charge in [0.25, 0.3) is 0 Å². The van der Waals surface area contributed by atoms with E-state index >= 15 is 0 Å². The Balaban J connectivity index is 1.81. The van der Waals surface area contributed by atoms with Crippen molar-refractivity contribution in [3.8, 4) is 6.07 Å². The highest BCUT2D eigenvalue weighted by Crippen LogP contribution is 2.38. The minimum Gasteiger partial charge on any atom is -0.478 e. The van der Waals surface area contributed by atoms with E-state index in [1.54, 1.807) is 0 Å². The first kappa shape index (κ1) is 13.2. The van der Waals surface area contributed by atoms with Crippen LogP contribution in [-0.2, 0) is 11.2 Å². The largest absolute Gasteiger partial charge is 0.478 e. The predicted octanol–water partition coefficient (Wildman–Crippen LogP) is 3.45. The van der Waals surface area contributed by atoms with Crippen LogP contribution in [0.5, 0.6) is 0 Å². The Morgan fingerprint density at radius 2 is 2.20 bits per heavy atom. The molecule has 0 fully saturated rings. The molecule has 2 aliphatic rings. The predicted molar refractivity (Wildman–Crippen MR) is 78.7 cm³/mol. The molecule has 0 bridgehead atoms. The molecule has 0 N–H and O–H groups in total. The number of hydrogen-bond donors (Lipinski definition) is 0. The fraction of sp³-hybridized carbons (Fsp3) is 0.529. The fourth-order valence-corrected chi connectivity index (χ4v) is 3.21. The Hall–Kier alpha value is -1.82. The minimum atomic E-state index is -0.107. The molecule has 2 atom stereocenters. The topological polar surface area (TPSA) is 45.4 Å². The van der Waals surface area contributed by atoms with Crippen LogP contribution >= 0.6 is 0 Å². The van der Waals surface area contributed by atoms with Gasteiger partial charge in [-0.05, 0) is 43.7 Å². The van der Waals surface area contributed by atoms with Gasteiger partial charge in [0, 0.05) is 6.42 Å². The maximum absolute atomic E-state index is 9.55. The van der Waals surface area contributed by atoms with Crippen LogP contribution in [0.25, 0.3) is 0 Å².